The number of rotatable bonds is 3. The smallest absolute Gasteiger partial charge is 0.310 e. The molecule has 1 saturated carbocycles. The first-order valence-corrected chi connectivity index (χ1v) is 11.9. The quantitative estimate of drug-likeness (QED) is 0.523. The van der Waals surface area contributed by atoms with Crippen molar-refractivity contribution in [3.63, 3.8) is 0 Å². The number of carbonyl (C=O) groups is 2. The van der Waals surface area contributed by atoms with Gasteiger partial charge in [0, 0.05) is 43.7 Å². The first-order chi connectivity index (χ1) is 16.0. The van der Waals surface area contributed by atoms with E-state index < -0.39 is 5.41 Å². The predicted molar refractivity (Wildman–Crippen MR) is 129 cm³/mol. The number of para-hydroxylation sites is 1. The zero-order chi connectivity index (χ0) is 23.2. The molecule has 2 aromatic rings. The zero-order valence-electron chi connectivity index (χ0n) is 19.7. The maximum atomic E-state index is 14.0. The third-order valence-corrected chi connectivity index (χ3v) is 8.24. The van der Waals surface area contributed by atoms with Crippen LogP contribution in [0.4, 0.5) is 5.69 Å². The van der Waals surface area contributed by atoms with Crippen molar-refractivity contribution in [2.24, 2.45) is 11.8 Å². The van der Waals surface area contributed by atoms with E-state index in [1.165, 1.54) is 12.7 Å². The lowest BCUT2D eigenvalue weighted by Gasteiger charge is -2.52. The molecule has 5 nitrogen and oxygen atoms in total. The van der Waals surface area contributed by atoms with Gasteiger partial charge >= 0.3 is 5.97 Å². The Kier molecular flexibility index (Phi) is 5.51. The molecular weight excluding hydrogens is 412 g/mol. The van der Waals surface area contributed by atoms with E-state index in [0.717, 1.165) is 29.7 Å². The molecule has 5 heteroatoms. The number of likely N-dealkylation sites (tertiary alicyclic amines) is 1. The summed E-state index contributed by atoms with van der Waals surface area (Å²) in [5, 5.41) is 0. The monoisotopic (exact) mass is 444 g/mol. The number of allylic oxidation sites excluding steroid dienone is 1. The Balaban J connectivity index is 1.67. The number of carbonyl (C=O) groups excluding carboxylic acids is 2. The van der Waals surface area contributed by atoms with E-state index in [-0.39, 0.29) is 29.8 Å². The molecule has 3 aliphatic rings. The second-order valence-corrected chi connectivity index (χ2v) is 9.64. The van der Waals surface area contributed by atoms with Gasteiger partial charge in [-0.1, -0.05) is 60.2 Å². The standard InChI is InChI=1S/C28H32N2O3/c1-4-20-18-30(17-19-10-6-5-7-11-19)25(31)16-28-22-12-8-9-13-23(22)29(2)24(28)15-14-21(20)26(28)27(32)33-3/h4-13,21,24,26H,14-18H2,1-3H3/b20-4-/t21-,24+,26+,28+/m0/s1. The van der Waals surface area contributed by atoms with Crippen LogP contribution in [-0.2, 0) is 26.3 Å². The van der Waals surface area contributed by atoms with Crippen LogP contribution in [-0.4, -0.2) is 43.5 Å². The molecule has 1 saturated heterocycles. The van der Waals surface area contributed by atoms with Crippen molar-refractivity contribution < 1.29 is 14.3 Å². The van der Waals surface area contributed by atoms with Crippen LogP contribution in [0.15, 0.2) is 66.2 Å². The van der Waals surface area contributed by atoms with E-state index in [4.69, 9.17) is 4.74 Å². The van der Waals surface area contributed by atoms with Crippen molar-refractivity contribution in [1.29, 1.82) is 0 Å². The molecule has 4 atom stereocenters. The van der Waals surface area contributed by atoms with Crippen LogP contribution in [0.25, 0.3) is 0 Å². The summed E-state index contributed by atoms with van der Waals surface area (Å²) in [5.74, 6) is -0.410. The van der Waals surface area contributed by atoms with Crippen molar-refractivity contribution in [1.82, 2.24) is 4.90 Å². The molecule has 2 bridgehead atoms. The predicted octanol–water partition coefficient (Wildman–Crippen LogP) is 4.32. The Morgan fingerprint density at radius 2 is 1.85 bits per heavy atom. The van der Waals surface area contributed by atoms with E-state index in [9.17, 15) is 9.59 Å². The highest BCUT2D eigenvalue weighted by molar-refractivity contribution is 5.86. The molecule has 1 amide bonds. The van der Waals surface area contributed by atoms with Crippen LogP contribution in [0.2, 0.25) is 0 Å². The van der Waals surface area contributed by atoms with Gasteiger partial charge in [-0.05, 0) is 42.9 Å². The Hall–Kier alpha value is -3.08. The highest BCUT2D eigenvalue weighted by Gasteiger charge is 2.63. The Bertz CT molecular complexity index is 1100. The first kappa shape index (κ1) is 21.7. The molecule has 2 fully saturated rings. The molecule has 0 N–H and O–H groups in total. The van der Waals surface area contributed by atoms with Gasteiger partial charge < -0.3 is 14.5 Å². The van der Waals surface area contributed by atoms with Crippen molar-refractivity contribution in [2.75, 3.05) is 25.6 Å². The number of anilines is 1. The van der Waals surface area contributed by atoms with Gasteiger partial charge in [-0.3, -0.25) is 9.59 Å². The zero-order valence-corrected chi connectivity index (χ0v) is 19.7. The molecule has 2 heterocycles. The van der Waals surface area contributed by atoms with E-state index in [2.05, 4.69) is 42.3 Å². The summed E-state index contributed by atoms with van der Waals surface area (Å²) in [7, 11) is 3.58. The largest absolute Gasteiger partial charge is 0.469 e. The van der Waals surface area contributed by atoms with Gasteiger partial charge in [0.25, 0.3) is 0 Å². The maximum absolute atomic E-state index is 14.0. The minimum absolute atomic E-state index is 0.0598. The van der Waals surface area contributed by atoms with Crippen LogP contribution >= 0.6 is 0 Å². The van der Waals surface area contributed by atoms with E-state index >= 15 is 0 Å². The molecule has 2 aromatic carbocycles. The van der Waals surface area contributed by atoms with Gasteiger partial charge in [0.15, 0.2) is 0 Å². The van der Waals surface area contributed by atoms with Gasteiger partial charge in [0.1, 0.15) is 0 Å². The van der Waals surface area contributed by atoms with Crippen molar-refractivity contribution in [3.05, 3.63) is 77.4 Å². The Morgan fingerprint density at radius 1 is 1.12 bits per heavy atom. The molecule has 172 valence electrons. The van der Waals surface area contributed by atoms with E-state index in [0.29, 0.717) is 19.5 Å². The van der Waals surface area contributed by atoms with Crippen LogP contribution < -0.4 is 4.90 Å². The SMILES string of the molecule is C/C=C1/CN(Cc2ccccc2)C(=O)C[C@@]23c4ccccc4N(C)[C@@H]2CC[C@@H]1[C@@H]3C(=O)OC. The third kappa shape index (κ3) is 3.28. The van der Waals surface area contributed by atoms with Crippen LogP contribution in [0.3, 0.4) is 0 Å². The minimum Gasteiger partial charge on any atom is -0.469 e. The van der Waals surface area contributed by atoms with Crippen molar-refractivity contribution >= 4 is 17.6 Å². The summed E-state index contributed by atoms with van der Waals surface area (Å²) in [6.07, 6.45) is 4.30. The summed E-state index contributed by atoms with van der Waals surface area (Å²) < 4.78 is 5.42. The van der Waals surface area contributed by atoms with Gasteiger partial charge in [0.05, 0.1) is 13.0 Å². The summed E-state index contributed by atoms with van der Waals surface area (Å²) in [4.78, 5) is 31.7. The normalized spacial score (nSPS) is 29.8. The number of methoxy groups -OCH3 is 1. The average Bonchev–Trinajstić information content (AvgIpc) is 3.09. The second kappa shape index (κ2) is 8.36. The fourth-order valence-corrected chi connectivity index (χ4v) is 6.82. The van der Waals surface area contributed by atoms with Gasteiger partial charge in [-0.2, -0.15) is 0 Å². The first-order valence-electron chi connectivity index (χ1n) is 11.9. The van der Waals surface area contributed by atoms with Crippen LogP contribution in [0, 0.1) is 11.8 Å². The molecular formula is C28H32N2O3. The number of hydrogen-bond acceptors (Lipinski definition) is 4. The topological polar surface area (TPSA) is 49.9 Å². The lowest BCUT2D eigenvalue weighted by atomic mass is 9.54. The van der Waals surface area contributed by atoms with E-state index in [1.54, 1.807) is 0 Å². The Morgan fingerprint density at radius 3 is 2.58 bits per heavy atom. The number of likely N-dealkylation sites (N-methyl/N-ethyl adjacent to an activating group) is 1. The lowest BCUT2D eigenvalue weighted by molar-refractivity contribution is -0.154. The van der Waals surface area contributed by atoms with Gasteiger partial charge in [-0.15, -0.1) is 0 Å². The summed E-state index contributed by atoms with van der Waals surface area (Å²) >= 11 is 0. The van der Waals surface area contributed by atoms with Gasteiger partial charge in [-0.25, -0.2) is 0 Å². The fraction of sp³-hybridized carbons (Fsp3) is 0.429. The molecule has 0 aromatic heterocycles. The highest BCUT2D eigenvalue weighted by Crippen LogP contribution is 2.60. The molecule has 5 rings (SSSR count). The molecule has 0 unspecified atom stereocenters. The number of nitrogens with zero attached hydrogens (tertiary/aromatic N) is 2. The summed E-state index contributed by atoms with van der Waals surface area (Å²) in [5.41, 5.74) is 3.93. The number of amides is 1. The molecule has 2 aliphatic heterocycles. The van der Waals surface area contributed by atoms with E-state index in [1.807, 2.05) is 42.2 Å². The number of esters is 1. The minimum atomic E-state index is -0.595. The number of fused-ring (bicyclic) bond motifs is 2. The maximum Gasteiger partial charge on any atom is 0.310 e. The molecule has 0 radical (unpaired) electrons. The average molecular weight is 445 g/mol. The van der Waals surface area contributed by atoms with Crippen LogP contribution in [0.1, 0.15) is 37.3 Å². The Labute approximate surface area is 196 Å². The number of ether oxygens (including phenoxy) is 1. The summed E-state index contributed by atoms with van der Waals surface area (Å²) in [6.45, 7) is 3.16. The summed E-state index contributed by atoms with van der Waals surface area (Å²) in [6, 6.07) is 18.6. The third-order valence-electron chi connectivity index (χ3n) is 8.24. The molecule has 1 spiro atoms. The molecule has 33 heavy (non-hydrogen) atoms. The van der Waals surface area contributed by atoms with Crippen molar-refractivity contribution in [2.45, 2.75) is 44.2 Å². The highest BCUT2D eigenvalue weighted by atomic mass is 16.5. The second-order valence-electron chi connectivity index (χ2n) is 9.64. The number of benzene rings is 2. The fourth-order valence-electron chi connectivity index (χ4n) is 6.82. The lowest BCUT2D eigenvalue weighted by Crippen LogP contribution is -2.60. The van der Waals surface area contributed by atoms with Gasteiger partial charge in [0.2, 0.25) is 5.91 Å². The number of hydrogen-bond donors (Lipinski definition) is 0. The van der Waals surface area contributed by atoms with Crippen LogP contribution in [0.5, 0.6) is 0 Å². The van der Waals surface area contributed by atoms with Crippen molar-refractivity contribution in [3.8, 4) is 0 Å². The molecule has 1 aliphatic carbocycles.